The number of anilines is 1. The number of amides is 1. The summed E-state index contributed by atoms with van der Waals surface area (Å²) >= 11 is 2.64. The number of benzene rings is 1. The van der Waals surface area contributed by atoms with Gasteiger partial charge in [0.05, 0.1) is 25.7 Å². The second-order valence-corrected chi connectivity index (χ2v) is 8.70. The van der Waals surface area contributed by atoms with Crippen LogP contribution in [-0.4, -0.2) is 43.7 Å². The van der Waals surface area contributed by atoms with Gasteiger partial charge in [0.25, 0.3) is 0 Å². The number of carbonyl (C=O) groups excluding carboxylic acids is 1. The van der Waals surface area contributed by atoms with E-state index in [0.29, 0.717) is 34.2 Å². The van der Waals surface area contributed by atoms with Crippen LogP contribution in [0.25, 0.3) is 0 Å². The van der Waals surface area contributed by atoms with Gasteiger partial charge in [0.1, 0.15) is 17.4 Å². The Bertz CT molecular complexity index is 1190. The van der Waals surface area contributed by atoms with Crippen molar-refractivity contribution in [3.63, 3.8) is 0 Å². The summed E-state index contributed by atoms with van der Waals surface area (Å²) < 4.78 is 18.6. The molecule has 12 heteroatoms. The summed E-state index contributed by atoms with van der Waals surface area (Å²) in [7, 11) is 1.59. The van der Waals surface area contributed by atoms with Crippen molar-refractivity contribution in [2.75, 3.05) is 18.2 Å². The Morgan fingerprint density at radius 2 is 2.00 bits per heavy atom. The summed E-state index contributed by atoms with van der Waals surface area (Å²) in [5.74, 6) is 2.51. The molecule has 4 aromatic rings. The van der Waals surface area contributed by atoms with Crippen molar-refractivity contribution in [1.29, 1.82) is 0 Å². The summed E-state index contributed by atoms with van der Waals surface area (Å²) in [5, 5.41) is 21.2. The molecular formula is C21H22N6O4S2. The molecule has 0 radical (unpaired) electrons. The number of thioether (sulfide) groups is 1. The van der Waals surface area contributed by atoms with Crippen LogP contribution in [0.1, 0.15) is 23.5 Å². The molecule has 0 unspecified atom stereocenters. The number of rotatable bonds is 11. The molecular weight excluding hydrogens is 464 g/mol. The van der Waals surface area contributed by atoms with Crippen LogP contribution in [0, 0.1) is 0 Å². The van der Waals surface area contributed by atoms with Crippen molar-refractivity contribution in [1.82, 2.24) is 25.0 Å². The molecule has 0 aliphatic carbocycles. The zero-order valence-corrected chi connectivity index (χ0v) is 19.7. The van der Waals surface area contributed by atoms with E-state index >= 15 is 0 Å². The molecule has 0 bridgehead atoms. The van der Waals surface area contributed by atoms with E-state index in [-0.39, 0.29) is 18.3 Å². The van der Waals surface area contributed by atoms with Crippen LogP contribution in [-0.2, 0) is 24.4 Å². The van der Waals surface area contributed by atoms with Gasteiger partial charge >= 0.3 is 0 Å². The molecule has 10 nitrogen and oxygen atoms in total. The maximum atomic E-state index is 12.4. The lowest BCUT2D eigenvalue weighted by atomic mass is 10.3. The first-order chi connectivity index (χ1) is 16.2. The van der Waals surface area contributed by atoms with Crippen molar-refractivity contribution in [2.45, 2.75) is 31.7 Å². The Kier molecular flexibility index (Phi) is 7.58. The highest BCUT2D eigenvalue weighted by molar-refractivity contribution is 7.99. The van der Waals surface area contributed by atoms with E-state index in [0.717, 1.165) is 17.2 Å². The zero-order chi connectivity index (χ0) is 23.0. The third kappa shape index (κ3) is 5.90. The van der Waals surface area contributed by atoms with Gasteiger partial charge in [-0.1, -0.05) is 42.2 Å². The van der Waals surface area contributed by atoms with Crippen LogP contribution in [0.3, 0.4) is 0 Å². The van der Waals surface area contributed by atoms with Crippen LogP contribution in [0.2, 0.25) is 0 Å². The van der Waals surface area contributed by atoms with Gasteiger partial charge in [-0.15, -0.1) is 20.4 Å². The van der Waals surface area contributed by atoms with E-state index in [1.165, 1.54) is 23.1 Å². The highest BCUT2D eigenvalue weighted by Gasteiger charge is 2.17. The number of ether oxygens (including phenoxy) is 2. The highest BCUT2D eigenvalue weighted by Crippen LogP contribution is 2.27. The Hall–Kier alpha value is -3.38. The van der Waals surface area contributed by atoms with Gasteiger partial charge in [-0.05, 0) is 30.7 Å². The van der Waals surface area contributed by atoms with Crippen molar-refractivity contribution >= 4 is 34.1 Å². The van der Waals surface area contributed by atoms with Gasteiger partial charge in [-0.3, -0.25) is 14.7 Å². The van der Waals surface area contributed by atoms with Crippen molar-refractivity contribution < 1.29 is 18.7 Å². The van der Waals surface area contributed by atoms with Gasteiger partial charge in [0.2, 0.25) is 11.0 Å². The molecule has 4 rings (SSSR count). The normalized spacial score (nSPS) is 10.8. The molecule has 1 N–H and O–H groups in total. The van der Waals surface area contributed by atoms with E-state index in [1.54, 1.807) is 13.4 Å². The molecule has 0 saturated carbocycles. The predicted octanol–water partition coefficient (Wildman–Crippen LogP) is 3.65. The SMILES string of the molecule is CCc1nnc(NC(=O)CSc2nnc(COc3ccccc3OC)n2Cc2ccco2)s1. The Labute approximate surface area is 198 Å². The van der Waals surface area contributed by atoms with E-state index < -0.39 is 0 Å². The molecule has 33 heavy (non-hydrogen) atoms. The first-order valence-corrected chi connectivity index (χ1v) is 11.9. The largest absolute Gasteiger partial charge is 0.493 e. The molecule has 0 aliphatic heterocycles. The second kappa shape index (κ2) is 11.0. The van der Waals surface area contributed by atoms with Crippen LogP contribution in [0.5, 0.6) is 11.5 Å². The number of hydrogen-bond donors (Lipinski definition) is 1. The molecule has 3 aromatic heterocycles. The molecule has 172 valence electrons. The number of nitrogens with zero attached hydrogens (tertiary/aromatic N) is 5. The number of carbonyl (C=O) groups is 1. The summed E-state index contributed by atoms with van der Waals surface area (Å²) in [6.07, 6.45) is 2.38. The highest BCUT2D eigenvalue weighted by atomic mass is 32.2. The molecule has 0 atom stereocenters. The van der Waals surface area contributed by atoms with Crippen LogP contribution in [0.15, 0.2) is 52.2 Å². The summed E-state index contributed by atoms with van der Waals surface area (Å²) in [6.45, 7) is 2.57. The van der Waals surface area contributed by atoms with E-state index in [4.69, 9.17) is 13.9 Å². The third-order valence-electron chi connectivity index (χ3n) is 4.46. The first-order valence-electron chi connectivity index (χ1n) is 10.1. The summed E-state index contributed by atoms with van der Waals surface area (Å²) in [6, 6.07) is 11.1. The van der Waals surface area contributed by atoms with E-state index in [2.05, 4.69) is 25.7 Å². The first kappa shape index (κ1) is 22.8. The van der Waals surface area contributed by atoms with Gasteiger partial charge < -0.3 is 13.9 Å². The minimum Gasteiger partial charge on any atom is -0.493 e. The van der Waals surface area contributed by atoms with E-state index in [1.807, 2.05) is 47.9 Å². The fourth-order valence-corrected chi connectivity index (χ4v) is 4.31. The van der Waals surface area contributed by atoms with Gasteiger partial charge in [-0.25, -0.2) is 0 Å². The smallest absolute Gasteiger partial charge is 0.236 e. The predicted molar refractivity (Wildman–Crippen MR) is 124 cm³/mol. The minimum absolute atomic E-state index is 0.144. The van der Waals surface area contributed by atoms with E-state index in [9.17, 15) is 4.79 Å². The number of hydrogen-bond acceptors (Lipinski definition) is 10. The maximum Gasteiger partial charge on any atom is 0.236 e. The molecule has 0 fully saturated rings. The number of furan rings is 1. The molecule has 0 spiro atoms. The Balaban J connectivity index is 1.45. The monoisotopic (exact) mass is 486 g/mol. The van der Waals surface area contributed by atoms with Crippen molar-refractivity contribution in [3.8, 4) is 11.5 Å². The fourth-order valence-electron chi connectivity index (χ4n) is 2.86. The summed E-state index contributed by atoms with van der Waals surface area (Å²) in [4.78, 5) is 12.4. The quantitative estimate of drug-likeness (QED) is 0.317. The van der Waals surface area contributed by atoms with Gasteiger partial charge in [0.15, 0.2) is 22.5 Å². The van der Waals surface area contributed by atoms with Crippen LogP contribution in [0.4, 0.5) is 5.13 Å². The second-order valence-electron chi connectivity index (χ2n) is 6.70. The number of nitrogens with one attached hydrogen (secondary N) is 1. The molecule has 0 saturated heterocycles. The van der Waals surface area contributed by atoms with Crippen LogP contribution < -0.4 is 14.8 Å². The number of methoxy groups -OCH3 is 1. The third-order valence-corrected chi connectivity index (χ3v) is 6.41. The van der Waals surface area contributed by atoms with Gasteiger partial charge in [-0.2, -0.15) is 0 Å². The number of para-hydroxylation sites is 2. The number of aromatic nitrogens is 5. The average molecular weight is 487 g/mol. The molecule has 3 heterocycles. The number of aryl methyl sites for hydroxylation is 1. The molecule has 1 amide bonds. The average Bonchev–Trinajstić information content (AvgIpc) is 3.59. The molecule has 1 aromatic carbocycles. The lowest BCUT2D eigenvalue weighted by Crippen LogP contribution is -2.15. The topological polar surface area (TPSA) is 117 Å². The van der Waals surface area contributed by atoms with Crippen molar-refractivity contribution in [3.05, 3.63) is 59.3 Å². The zero-order valence-electron chi connectivity index (χ0n) is 18.1. The van der Waals surface area contributed by atoms with Gasteiger partial charge in [0, 0.05) is 0 Å². The van der Waals surface area contributed by atoms with Crippen LogP contribution >= 0.6 is 23.1 Å². The lowest BCUT2D eigenvalue weighted by molar-refractivity contribution is -0.113. The Morgan fingerprint density at radius 3 is 2.73 bits per heavy atom. The molecule has 0 aliphatic rings. The fraction of sp³-hybridized carbons (Fsp3) is 0.286. The van der Waals surface area contributed by atoms with Crippen molar-refractivity contribution in [2.24, 2.45) is 0 Å². The standard InChI is InChI=1S/C21H22N6O4S2/c1-3-19-24-25-20(33-19)22-18(28)13-32-21-26-23-17(27(21)11-14-7-6-10-30-14)12-31-16-9-5-4-8-15(16)29-2/h4-10H,3,11-13H2,1-2H3,(H,22,25,28). The Morgan fingerprint density at radius 1 is 1.15 bits per heavy atom. The lowest BCUT2D eigenvalue weighted by Gasteiger charge is -2.12. The minimum atomic E-state index is -0.196. The summed E-state index contributed by atoms with van der Waals surface area (Å²) in [5.41, 5.74) is 0. The maximum absolute atomic E-state index is 12.4.